The van der Waals surface area contributed by atoms with E-state index in [1.807, 2.05) is 0 Å². The molecule has 0 aliphatic heterocycles. The van der Waals surface area contributed by atoms with Crippen molar-refractivity contribution in [2.75, 3.05) is 20.6 Å². The van der Waals surface area contributed by atoms with E-state index in [-0.39, 0.29) is 0 Å². The second kappa shape index (κ2) is 8.61. The fourth-order valence-electron chi connectivity index (χ4n) is 3.12. The van der Waals surface area contributed by atoms with Crippen molar-refractivity contribution in [3.63, 3.8) is 0 Å². The standard InChI is InChI=1S/C15H26N2S/c1-17(2)12-14(11-15(18)8-9-16)10-13-6-4-3-5-7-13/h13-14H,3-8,10-12H2,1-2H3/t14-/m1/s1. The highest BCUT2D eigenvalue weighted by Gasteiger charge is 2.20. The van der Waals surface area contributed by atoms with Gasteiger partial charge < -0.3 is 4.90 Å². The van der Waals surface area contributed by atoms with Gasteiger partial charge in [-0.2, -0.15) is 5.26 Å². The van der Waals surface area contributed by atoms with Crippen LogP contribution in [-0.2, 0) is 0 Å². The van der Waals surface area contributed by atoms with E-state index in [9.17, 15) is 0 Å². The Labute approximate surface area is 117 Å². The Balaban J connectivity index is 2.43. The quantitative estimate of drug-likeness (QED) is 0.656. The molecule has 0 saturated heterocycles. The van der Waals surface area contributed by atoms with Crippen molar-refractivity contribution in [2.24, 2.45) is 11.8 Å². The molecule has 3 heteroatoms. The minimum atomic E-state index is 0.448. The van der Waals surface area contributed by atoms with Gasteiger partial charge in [0.1, 0.15) is 0 Å². The minimum Gasteiger partial charge on any atom is -0.309 e. The van der Waals surface area contributed by atoms with Crippen molar-refractivity contribution in [1.82, 2.24) is 4.90 Å². The molecule has 1 atom stereocenters. The SMILES string of the molecule is CN(C)C[C@@H](CC(=S)CC#N)CC1CCCCC1. The normalized spacial score (nSPS) is 18.6. The molecule has 18 heavy (non-hydrogen) atoms. The number of hydrogen-bond acceptors (Lipinski definition) is 3. The van der Waals surface area contributed by atoms with Crippen molar-refractivity contribution < 1.29 is 0 Å². The van der Waals surface area contributed by atoms with Crippen molar-refractivity contribution >= 4 is 17.1 Å². The predicted molar refractivity (Wildman–Crippen MR) is 80.7 cm³/mol. The maximum atomic E-state index is 8.70. The van der Waals surface area contributed by atoms with E-state index in [1.165, 1.54) is 38.5 Å². The monoisotopic (exact) mass is 266 g/mol. The van der Waals surface area contributed by atoms with Crippen LogP contribution in [0.15, 0.2) is 0 Å². The van der Waals surface area contributed by atoms with E-state index < -0.39 is 0 Å². The Morgan fingerprint density at radius 1 is 1.33 bits per heavy atom. The van der Waals surface area contributed by atoms with E-state index in [0.717, 1.165) is 23.7 Å². The molecule has 0 heterocycles. The molecule has 1 fully saturated rings. The van der Waals surface area contributed by atoms with E-state index in [0.29, 0.717) is 12.3 Å². The first-order chi connectivity index (χ1) is 8.61. The highest BCUT2D eigenvalue weighted by Crippen LogP contribution is 2.30. The van der Waals surface area contributed by atoms with Crippen LogP contribution in [0.1, 0.15) is 51.4 Å². The zero-order valence-electron chi connectivity index (χ0n) is 11.8. The number of rotatable bonds is 7. The lowest BCUT2D eigenvalue weighted by molar-refractivity contribution is 0.247. The Bertz CT molecular complexity index is 287. The largest absolute Gasteiger partial charge is 0.309 e. The van der Waals surface area contributed by atoms with Crippen molar-refractivity contribution in [2.45, 2.75) is 51.4 Å². The molecule has 0 unspecified atom stereocenters. The molecule has 0 spiro atoms. The fraction of sp³-hybridized carbons (Fsp3) is 0.867. The predicted octanol–water partition coefficient (Wildman–Crippen LogP) is 3.81. The van der Waals surface area contributed by atoms with Crippen LogP contribution in [0.3, 0.4) is 0 Å². The highest BCUT2D eigenvalue weighted by molar-refractivity contribution is 7.80. The van der Waals surface area contributed by atoms with Crippen LogP contribution in [0.5, 0.6) is 0 Å². The van der Waals surface area contributed by atoms with Crippen LogP contribution in [0.2, 0.25) is 0 Å². The van der Waals surface area contributed by atoms with Gasteiger partial charge in [0, 0.05) is 11.4 Å². The molecule has 1 rings (SSSR count). The summed E-state index contributed by atoms with van der Waals surface area (Å²) < 4.78 is 0. The van der Waals surface area contributed by atoms with E-state index in [1.54, 1.807) is 0 Å². The molecule has 1 aliphatic carbocycles. The first kappa shape index (κ1) is 15.6. The van der Waals surface area contributed by atoms with Gasteiger partial charge in [-0.3, -0.25) is 0 Å². The molecule has 2 nitrogen and oxygen atoms in total. The lowest BCUT2D eigenvalue weighted by atomic mass is 9.81. The number of hydrogen-bond donors (Lipinski definition) is 0. The number of thiocarbonyl (C=S) groups is 1. The second-order valence-corrected chi connectivity index (χ2v) is 6.52. The van der Waals surface area contributed by atoms with Crippen LogP contribution in [0.4, 0.5) is 0 Å². The van der Waals surface area contributed by atoms with Crippen molar-refractivity contribution in [1.29, 1.82) is 5.26 Å². The maximum absolute atomic E-state index is 8.70. The summed E-state index contributed by atoms with van der Waals surface area (Å²) in [7, 11) is 4.25. The van der Waals surface area contributed by atoms with Gasteiger partial charge in [0.2, 0.25) is 0 Å². The Morgan fingerprint density at radius 3 is 2.56 bits per heavy atom. The fourth-order valence-corrected chi connectivity index (χ4v) is 3.42. The molecule has 0 aromatic heterocycles. The molecule has 102 valence electrons. The van der Waals surface area contributed by atoms with Crippen LogP contribution in [-0.4, -0.2) is 30.4 Å². The molecule has 0 N–H and O–H groups in total. The Morgan fingerprint density at radius 2 is 2.00 bits per heavy atom. The van der Waals surface area contributed by atoms with Crippen LogP contribution in [0.25, 0.3) is 0 Å². The summed E-state index contributed by atoms with van der Waals surface area (Å²) in [6.45, 7) is 1.10. The van der Waals surface area contributed by atoms with E-state index in [2.05, 4.69) is 25.1 Å². The third-order valence-corrected chi connectivity index (χ3v) is 4.12. The lowest BCUT2D eigenvalue weighted by Gasteiger charge is -2.28. The first-order valence-electron chi connectivity index (χ1n) is 7.15. The van der Waals surface area contributed by atoms with Gasteiger partial charge >= 0.3 is 0 Å². The highest BCUT2D eigenvalue weighted by atomic mass is 32.1. The summed E-state index contributed by atoms with van der Waals surface area (Å²) in [5.74, 6) is 1.54. The Hall–Kier alpha value is -0.460. The van der Waals surface area contributed by atoms with Gasteiger partial charge in [-0.15, -0.1) is 0 Å². The second-order valence-electron chi connectivity index (χ2n) is 5.95. The molecule has 0 amide bonds. The van der Waals surface area contributed by atoms with Crippen LogP contribution < -0.4 is 0 Å². The third kappa shape index (κ3) is 6.47. The number of nitrogens with zero attached hydrogens (tertiary/aromatic N) is 2. The molecular formula is C15H26N2S. The van der Waals surface area contributed by atoms with Gasteiger partial charge in [0.15, 0.2) is 0 Å². The van der Waals surface area contributed by atoms with Crippen molar-refractivity contribution in [3.8, 4) is 6.07 Å². The molecule has 0 aromatic carbocycles. The molecule has 1 aliphatic rings. The van der Waals surface area contributed by atoms with E-state index in [4.69, 9.17) is 17.5 Å². The van der Waals surface area contributed by atoms with Gasteiger partial charge in [0.05, 0.1) is 12.5 Å². The third-order valence-electron chi connectivity index (χ3n) is 3.81. The molecular weight excluding hydrogens is 240 g/mol. The smallest absolute Gasteiger partial charge is 0.0675 e. The Kier molecular flexibility index (Phi) is 7.46. The average Bonchev–Trinajstić information content (AvgIpc) is 2.29. The maximum Gasteiger partial charge on any atom is 0.0675 e. The summed E-state index contributed by atoms with van der Waals surface area (Å²) in [4.78, 5) is 3.20. The van der Waals surface area contributed by atoms with E-state index >= 15 is 0 Å². The zero-order chi connectivity index (χ0) is 13.4. The zero-order valence-corrected chi connectivity index (χ0v) is 12.6. The lowest BCUT2D eigenvalue weighted by Crippen LogP contribution is -2.26. The van der Waals surface area contributed by atoms with Crippen molar-refractivity contribution in [3.05, 3.63) is 0 Å². The summed E-state index contributed by atoms with van der Waals surface area (Å²) >= 11 is 5.31. The molecule has 0 radical (unpaired) electrons. The molecule has 0 bridgehead atoms. The molecule has 1 saturated carbocycles. The van der Waals surface area contributed by atoms with Gasteiger partial charge in [-0.05, 0) is 38.8 Å². The first-order valence-corrected chi connectivity index (χ1v) is 7.56. The molecule has 0 aromatic rings. The summed E-state index contributed by atoms with van der Waals surface area (Å²) in [6.07, 6.45) is 9.72. The topological polar surface area (TPSA) is 27.0 Å². The van der Waals surface area contributed by atoms with Gasteiger partial charge in [0.25, 0.3) is 0 Å². The summed E-state index contributed by atoms with van der Waals surface area (Å²) in [5.41, 5.74) is 0. The average molecular weight is 266 g/mol. The van der Waals surface area contributed by atoms with Crippen LogP contribution >= 0.6 is 12.2 Å². The minimum absolute atomic E-state index is 0.448. The van der Waals surface area contributed by atoms with Crippen LogP contribution in [0, 0.1) is 23.2 Å². The van der Waals surface area contributed by atoms with Gasteiger partial charge in [-0.1, -0.05) is 44.3 Å². The summed E-state index contributed by atoms with van der Waals surface area (Å²) in [6, 6.07) is 2.17. The summed E-state index contributed by atoms with van der Waals surface area (Å²) in [5, 5.41) is 8.70. The number of nitriles is 1. The van der Waals surface area contributed by atoms with Gasteiger partial charge in [-0.25, -0.2) is 0 Å².